The monoisotopic (exact) mass is 427 g/mol. The summed E-state index contributed by atoms with van der Waals surface area (Å²) in [5, 5.41) is 15.5. The fourth-order valence-corrected chi connectivity index (χ4v) is 4.42. The Labute approximate surface area is 186 Å². The van der Waals surface area contributed by atoms with Gasteiger partial charge in [-0.05, 0) is 25.1 Å². The number of hydrogen-bond donors (Lipinski definition) is 1. The molecule has 0 unspecified atom stereocenters. The van der Waals surface area contributed by atoms with Crippen molar-refractivity contribution in [3.8, 4) is 17.0 Å². The number of benzene rings is 2. The number of pyridine rings is 1. The minimum atomic E-state index is -0.0115. The van der Waals surface area contributed by atoms with Crippen LogP contribution in [0.5, 0.6) is 5.75 Å². The highest BCUT2D eigenvalue weighted by Crippen LogP contribution is 2.30. The van der Waals surface area contributed by atoms with Crippen LogP contribution in [-0.4, -0.2) is 56.9 Å². The zero-order chi connectivity index (χ0) is 22.2. The molecule has 2 aromatic heterocycles. The molecule has 4 aromatic rings. The summed E-state index contributed by atoms with van der Waals surface area (Å²) >= 11 is 0. The van der Waals surface area contributed by atoms with E-state index in [1.165, 1.54) is 0 Å². The van der Waals surface area contributed by atoms with Crippen LogP contribution in [0.4, 0.5) is 5.69 Å². The molecule has 1 saturated heterocycles. The summed E-state index contributed by atoms with van der Waals surface area (Å²) < 4.78 is 1.74. The first kappa shape index (κ1) is 20.1. The molecule has 1 fully saturated rings. The average molecular weight is 428 g/mol. The standard InChI is InChI=1S/C25H25N5O2/c1-17-23-19(16-20(18-8-4-3-5-9-18)26-24(23)28(2)27-17)25(32)30-14-12-29(13-15-30)21-10-6-7-11-22(21)31/h3-11,16,31H,12-15H2,1-2H3. The van der Waals surface area contributed by atoms with Crippen LogP contribution in [0.1, 0.15) is 16.1 Å². The topological polar surface area (TPSA) is 74.5 Å². The molecule has 7 nitrogen and oxygen atoms in total. The lowest BCUT2D eigenvalue weighted by atomic mass is 10.0. The Balaban J connectivity index is 1.48. The third-order valence-electron chi connectivity index (χ3n) is 6.06. The summed E-state index contributed by atoms with van der Waals surface area (Å²) in [4.78, 5) is 22.5. The number of aromatic hydroxyl groups is 1. The molecule has 1 aliphatic heterocycles. The molecule has 0 radical (unpaired) electrons. The number of amides is 1. The molecule has 0 saturated carbocycles. The van der Waals surface area contributed by atoms with Gasteiger partial charge in [0.25, 0.3) is 5.91 Å². The molecule has 0 atom stereocenters. The second kappa shape index (κ2) is 8.00. The first-order chi connectivity index (χ1) is 15.5. The van der Waals surface area contributed by atoms with Crippen molar-refractivity contribution in [2.24, 2.45) is 7.05 Å². The number of nitrogens with zero attached hydrogens (tertiary/aromatic N) is 5. The lowest BCUT2D eigenvalue weighted by molar-refractivity contribution is 0.0748. The fraction of sp³-hybridized carbons (Fsp3) is 0.240. The summed E-state index contributed by atoms with van der Waals surface area (Å²) in [6.07, 6.45) is 0. The summed E-state index contributed by atoms with van der Waals surface area (Å²) in [7, 11) is 1.86. The Kier molecular flexibility index (Phi) is 5.01. The second-order valence-electron chi connectivity index (χ2n) is 8.10. The molecule has 3 heterocycles. The van der Waals surface area contributed by atoms with Crippen molar-refractivity contribution >= 4 is 22.6 Å². The molecular formula is C25H25N5O2. The zero-order valence-electron chi connectivity index (χ0n) is 18.2. The summed E-state index contributed by atoms with van der Waals surface area (Å²) in [6.45, 7) is 4.40. The number of phenolic OH excluding ortho intramolecular Hbond substituents is 1. The number of rotatable bonds is 3. The van der Waals surface area contributed by atoms with Gasteiger partial charge in [-0.2, -0.15) is 5.10 Å². The Hall–Kier alpha value is -3.87. The number of hydrogen-bond acceptors (Lipinski definition) is 5. The summed E-state index contributed by atoms with van der Waals surface area (Å²) in [5.74, 6) is 0.254. The largest absolute Gasteiger partial charge is 0.506 e. The number of para-hydroxylation sites is 2. The van der Waals surface area contributed by atoms with Crippen LogP contribution >= 0.6 is 0 Å². The number of carbonyl (C=O) groups excluding carboxylic acids is 1. The number of fused-ring (bicyclic) bond motifs is 1. The number of anilines is 1. The third-order valence-corrected chi connectivity index (χ3v) is 6.06. The predicted octanol–water partition coefficient (Wildman–Crippen LogP) is 3.61. The number of aromatic nitrogens is 3. The molecule has 0 spiro atoms. The predicted molar refractivity (Wildman–Crippen MR) is 125 cm³/mol. The van der Waals surface area contributed by atoms with E-state index in [-0.39, 0.29) is 11.7 Å². The molecular weight excluding hydrogens is 402 g/mol. The molecule has 5 rings (SSSR count). The smallest absolute Gasteiger partial charge is 0.254 e. The van der Waals surface area contributed by atoms with E-state index in [2.05, 4.69) is 10.00 Å². The second-order valence-corrected chi connectivity index (χ2v) is 8.10. The van der Waals surface area contributed by atoms with Gasteiger partial charge in [-0.25, -0.2) is 4.98 Å². The Morgan fingerprint density at radius 3 is 2.38 bits per heavy atom. The van der Waals surface area contributed by atoms with Gasteiger partial charge in [0.2, 0.25) is 0 Å². The van der Waals surface area contributed by atoms with E-state index in [0.29, 0.717) is 37.4 Å². The summed E-state index contributed by atoms with van der Waals surface area (Å²) in [6, 6.07) is 19.1. The van der Waals surface area contributed by atoms with E-state index in [0.717, 1.165) is 28.0 Å². The van der Waals surface area contributed by atoms with Gasteiger partial charge in [0.15, 0.2) is 5.65 Å². The van der Waals surface area contributed by atoms with Crippen LogP contribution in [-0.2, 0) is 7.05 Å². The maximum atomic E-state index is 13.7. The highest BCUT2D eigenvalue weighted by molar-refractivity contribution is 6.07. The molecule has 1 N–H and O–H groups in total. The van der Waals surface area contributed by atoms with Crippen molar-refractivity contribution in [1.82, 2.24) is 19.7 Å². The van der Waals surface area contributed by atoms with E-state index >= 15 is 0 Å². The number of piperazine rings is 1. The highest BCUT2D eigenvalue weighted by Gasteiger charge is 2.27. The molecule has 2 aromatic carbocycles. The molecule has 32 heavy (non-hydrogen) atoms. The van der Waals surface area contributed by atoms with Crippen molar-refractivity contribution < 1.29 is 9.90 Å². The normalized spacial score (nSPS) is 14.2. The van der Waals surface area contributed by atoms with Crippen LogP contribution in [0.2, 0.25) is 0 Å². The minimum Gasteiger partial charge on any atom is -0.506 e. The van der Waals surface area contributed by atoms with E-state index in [9.17, 15) is 9.90 Å². The van der Waals surface area contributed by atoms with Crippen molar-refractivity contribution in [3.05, 3.63) is 71.9 Å². The van der Waals surface area contributed by atoms with Gasteiger partial charge in [0, 0.05) is 38.8 Å². The lowest BCUT2D eigenvalue weighted by Crippen LogP contribution is -2.48. The maximum Gasteiger partial charge on any atom is 0.254 e. The van der Waals surface area contributed by atoms with Crippen LogP contribution in [0, 0.1) is 6.92 Å². The molecule has 7 heteroatoms. The first-order valence-electron chi connectivity index (χ1n) is 10.7. The van der Waals surface area contributed by atoms with Gasteiger partial charge in [-0.1, -0.05) is 42.5 Å². The van der Waals surface area contributed by atoms with Crippen LogP contribution in [0.15, 0.2) is 60.7 Å². The van der Waals surface area contributed by atoms with Crippen molar-refractivity contribution in [2.45, 2.75) is 6.92 Å². The van der Waals surface area contributed by atoms with Crippen LogP contribution in [0.3, 0.4) is 0 Å². The molecule has 0 aliphatic carbocycles. The molecule has 162 valence electrons. The average Bonchev–Trinajstić information content (AvgIpc) is 3.12. The van der Waals surface area contributed by atoms with Gasteiger partial charge in [-0.3, -0.25) is 9.48 Å². The molecule has 1 amide bonds. The van der Waals surface area contributed by atoms with Gasteiger partial charge in [0.05, 0.1) is 28.0 Å². The molecule has 0 bridgehead atoms. The number of phenols is 1. The highest BCUT2D eigenvalue weighted by atomic mass is 16.3. The lowest BCUT2D eigenvalue weighted by Gasteiger charge is -2.36. The SMILES string of the molecule is Cc1nn(C)c2nc(-c3ccccc3)cc(C(=O)N3CCN(c4ccccc4O)CC3)c12. The van der Waals surface area contributed by atoms with E-state index < -0.39 is 0 Å². The zero-order valence-corrected chi connectivity index (χ0v) is 18.2. The van der Waals surface area contributed by atoms with Crippen molar-refractivity contribution in [3.63, 3.8) is 0 Å². The first-order valence-corrected chi connectivity index (χ1v) is 10.7. The van der Waals surface area contributed by atoms with Crippen molar-refractivity contribution in [2.75, 3.05) is 31.1 Å². The Bertz CT molecular complexity index is 1290. The van der Waals surface area contributed by atoms with Crippen LogP contribution in [0.25, 0.3) is 22.3 Å². The van der Waals surface area contributed by atoms with Gasteiger partial charge in [-0.15, -0.1) is 0 Å². The number of aryl methyl sites for hydroxylation is 2. The van der Waals surface area contributed by atoms with Gasteiger partial charge >= 0.3 is 0 Å². The quantitative estimate of drug-likeness (QED) is 0.541. The Morgan fingerprint density at radius 2 is 1.66 bits per heavy atom. The van der Waals surface area contributed by atoms with Gasteiger partial charge in [0.1, 0.15) is 5.75 Å². The third kappa shape index (κ3) is 3.45. The van der Waals surface area contributed by atoms with Gasteiger partial charge < -0.3 is 14.9 Å². The number of carbonyl (C=O) groups is 1. The maximum absolute atomic E-state index is 13.7. The minimum absolute atomic E-state index is 0.0115. The summed E-state index contributed by atoms with van der Waals surface area (Å²) in [5.41, 5.74) is 4.67. The van der Waals surface area contributed by atoms with E-state index in [1.54, 1.807) is 10.7 Å². The Morgan fingerprint density at radius 1 is 0.969 bits per heavy atom. The van der Waals surface area contributed by atoms with Crippen molar-refractivity contribution in [1.29, 1.82) is 0 Å². The molecule has 1 aliphatic rings. The fourth-order valence-electron chi connectivity index (χ4n) is 4.42. The van der Waals surface area contributed by atoms with Crippen LogP contribution < -0.4 is 4.90 Å². The van der Waals surface area contributed by atoms with E-state index in [4.69, 9.17) is 4.98 Å². The van der Waals surface area contributed by atoms with E-state index in [1.807, 2.05) is 73.5 Å².